The SMILES string of the molecule is C[C@@H](c1cc(F)cc(Br)c1O)N1CCNCC1.Cl.Cl. The highest BCUT2D eigenvalue weighted by atomic mass is 79.9. The highest BCUT2D eigenvalue weighted by Gasteiger charge is 2.22. The van der Waals surface area contributed by atoms with Crippen molar-refractivity contribution >= 4 is 40.7 Å². The highest BCUT2D eigenvalue weighted by molar-refractivity contribution is 9.10. The van der Waals surface area contributed by atoms with Crippen molar-refractivity contribution in [1.82, 2.24) is 10.2 Å². The van der Waals surface area contributed by atoms with E-state index in [1.165, 1.54) is 12.1 Å². The molecule has 0 unspecified atom stereocenters. The molecule has 0 spiro atoms. The minimum Gasteiger partial charge on any atom is -0.506 e. The Balaban J connectivity index is 0.00000162. The zero-order chi connectivity index (χ0) is 12.4. The predicted octanol–water partition coefficient (Wildman–Crippen LogP) is 3.10. The van der Waals surface area contributed by atoms with Crippen LogP contribution in [0.15, 0.2) is 16.6 Å². The van der Waals surface area contributed by atoms with Crippen molar-refractivity contribution in [2.75, 3.05) is 26.2 Å². The summed E-state index contributed by atoms with van der Waals surface area (Å²) < 4.78 is 13.8. The predicted molar refractivity (Wildman–Crippen MR) is 83.1 cm³/mol. The monoisotopic (exact) mass is 374 g/mol. The van der Waals surface area contributed by atoms with Crippen molar-refractivity contribution in [3.05, 3.63) is 28.0 Å². The summed E-state index contributed by atoms with van der Waals surface area (Å²) in [5.41, 5.74) is 0.638. The van der Waals surface area contributed by atoms with Gasteiger partial charge in [0.25, 0.3) is 0 Å². The Labute approximate surface area is 133 Å². The van der Waals surface area contributed by atoms with Crippen LogP contribution in [0.25, 0.3) is 0 Å². The van der Waals surface area contributed by atoms with Gasteiger partial charge in [-0.3, -0.25) is 4.90 Å². The maximum atomic E-state index is 13.4. The summed E-state index contributed by atoms with van der Waals surface area (Å²) in [6, 6.07) is 2.71. The quantitative estimate of drug-likeness (QED) is 0.833. The summed E-state index contributed by atoms with van der Waals surface area (Å²) in [7, 11) is 0. The molecule has 0 amide bonds. The van der Waals surface area contributed by atoms with Crippen LogP contribution in [0, 0.1) is 5.82 Å². The van der Waals surface area contributed by atoms with Gasteiger partial charge in [0.2, 0.25) is 0 Å². The van der Waals surface area contributed by atoms with E-state index in [0.717, 1.165) is 26.2 Å². The Hall–Kier alpha value is -0.0700. The van der Waals surface area contributed by atoms with E-state index in [1.807, 2.05) is 6.92 Å². The first kappa shape index (κ1) is 18.9. The van der Waals surface area contributed by atoms with Crippen molar-refractivity contribution in [3.8, 4) is 5.75 Å². The second-order valence-electron chi connectivity index (χ2n) is 4.29. The minimum absolute atomic E-state index is 0. The van der Waals surface area contributed by atoms with E-state index in [-0.39, 0.29) is 42.4 Å². The molecule has 1 heterocycles. The number of aromatic hydroxyl groups is 1. The van der Waals surface area contributed by atoms with Crippen molar-refractivity contribution in [2.24, 2.45) is 0 Å². The van der Waals surface area contributed by atoms with Gasteiger partial charge in [0.15, 0.2) is 0 Å². The van der Waals surface area contributed by atoms with E-state index in [4.69, 9.17) is 0 Å². The number of rotatable bonds is 2. The lowest BCUT2D eigenvalue weighted by atomic mass is 10.0. The van der Waals surface area contributed by atoms with Crippen LogP contribution in [-0.4, -0.2) is 36.2 Å². The van der Waals surface area contributed by atoms with Crippen molar-refractivity contribution < 1.29 is 9.50 Å². The van der Waals surface area contributed by atoms with E-state index >= 15 is 0 Å². The molecule has 1 saturated heterocycles. The molecule has 1 atom stereocenters. The number of phenols is 1. The number of nitrogens with one attached hydrogen (secondary N) is 1. The average molecular weight is 376 g/mol. The van der Waals surface area contributed by atoms with Gasteiger partial charge in [0, 0.05) is 37.8 Å². The van der Waals surface area contributed by atoms with E-state index in [9.17, 15) is 9.50 Å². The molecule has 1 aromatic rings. The number of benzene rings is 1. The molecule has 1 aliphatic rings. The molecule has 3 nitrogen and oxygen atoms in total. The van der Waals surface area contributed by atoms with E-state index in [0.29, 0.717) is 10.0 Å². The van der Waals surface area contributed by atoms with Gasteiger partial charge in [-0.2, -0.15) is 0 Å². The summed E-state index contributed by atoms with van der Waals surface area (Å²) in [6.45, 7) is 5.68. The summed E-state index contributed by atoms with van der Waals surface area (Å²) in [5, 5.41) is 13.2. The van der Waals surface area contributed by atoms with Crippen LogP contribution in [0.2, 0.25) is 0 Å². The van der Waals surface area contributed by atoms with Crippen molar-refractivity contribution in [2.45, 2.75) is 13.0 Å². The lowest BCUT2D eigenvalue weighted by molar-refractivity contribution is 0.182. The second kappa shape index (κ2) is 8.27. The maximum absolute atomic E-state index is 13.4. The standard InChI is InChI=1S/C12H16BrFN2O.2ClH/c1-8(16-4-2-15-3-5-16)10-6-9(14)7-11(13)12(10)17;;/h6-8,15,17H,2-5H2,1H3;2*1H/t8-;;/m0../s1. The largest absolute Gasteiger partial charge is 0.506 e. The third-order valence-corrected chi connectivity index (χ3v) is 3.81. The Kier molecular flexibility index (Phi) is 8.24. The van der Waals surface area contributed by atoms with Crippen LogP contribution in [0.1, 0.15) is 18.5 Å². The molecular weight excluding hydrogens is 358 g/mol. The summed E-state index contributed by atoms with van der Waals surface area (Å²) in [4.78, 5) is 2.23. The van der Waals surface area contributed by atoms with Crippen LogP contribution < -0.4 is 5.32 Å². The second-order valence-corrected chi connectivity index (χ2v) is 5.14. The molecule has 2 N–H and O–H groups in total. The van der Waals surface area contributed by atoms with Crippen molar-refractivity contribution in [3.63, 3.8) is 0 Å². The minimum atomic E-state index is -0.327. The maximum Gasteiger partial charge on any atom is 0.134 e. The number of piperazine rings is 1. The topological polar surface area (TPSA) is 35.5 Å². The van der Waals surface area contributed by atoms with Gasteiger partial charge in [-0.05, 0) is 35.0 Å². The van der Waals surface area contributed by atoms with Gasteiger partial charge < -0.3 is 10.4 Å². The third-order valence-electron chi connectivity index (χ3n) is 3.21. The fourth-order valence-electron chi connectivity index (χ4n) is 2.17. The van der Waals surface area contributed by atoms with Gasteiger partial charge in [-0.25, -0.2) is 4.39 Å². The van der Waals surface area contributed by atoms with Crippen LogP contribution in [-0.2, 0) is 0 Å². The Morgan fingerprint density at radius 2 is 1.89 bits per heavy atom. The molecule has 0 aliphatic carbocycles. The summed E-state index contributed by atoms with van der Waals surface area (Å²) in [6.07, 6.45) is 0. The number of hydrogen-bond donors (Lipinski definition) is 2. The smallest absolute Gasteiger partial charge is 0.134 e. The molecule has 1 aromatic carbocycles. The van der Waals surface area contributed by atoms with Gasteiger partial charge in [-0.15, -0.1) is 24.8 Å². The molecule has 1 aliphatic heterocycles. The van der Waals surface area contributed by atoms with Crippen LogP contribution in [0.3, 0.4) is 0 Å². The van der Waals surface area contributed by atoms with E-state index in [1.54, 1.807) is 0 Å². The molecule has 0 bridgehead atoms. The molecule has 110 valence electrons. The third kappa shape index (κ3) is 4.46. The van der Waals surface area contributed by atoms with E-state index < -0.39 is 0 Å². The van der Waals surface area contributed by atoms with Gasteiger partial charge in [-0.1, -0.05) is 0 Å². The molecule has 7 heteroatoms. The highest BCUT2D eigenvalue weighted by Crippen LogP contribution is 2.35. The van der Waals surface area contributed by atoms with Crippen LogP contribution in [0.4, 0.5) is 4.39 Å². The first-order chi connectivity index (χ1) is 8.09. The van der Waals surface area contributed by atoms with Gasteiger partial charge in [0.1, 0.15) is 11.6 Å². The molecule has 1 fully saturated rings. The van der Waals surface area contributed by atoms with Crippen molar-refractivity contribution in [1.29, 1.82) is 0 Å². The fraction of sp³-hybridized carbons (Fsp3) is 0.500. The number of nitrogens with zero attached hydrogens (tertiary/aromatic N) is 1. The number of phenolic OH excluding ortho intramolecular Hbond substituents is 1. The lowest BCUT2D eigenvalue weighted by Crippen LogP contribution is -2.44. The first-order valence-corrected chi connectivity index (χ1v) is 6.51. The molecule has 0 radical (unpaired) electrons. The zero-order valence-corrected chi connectivity index (χ0v) is 13.7. The number of hydrogen-bond acceptors (Lipinski definition) is 3. The van der Waals surface area contributed by atoms with Gasteiger partial charge >= 0.3 is 0 Å². The van der Waals surface area contributed by atoms with E-state index in [2.05, 4.69) is 26.1 Å². The number of halogens is 4. The Bertz CT molecular complexity index is 417. The average Bonchev–Trinajstić information content (AvgIpc) is 2.34. The fourth-order valence-corrected chi connectivity index (χ4v) is 2.62. The molecule has 19 heavy (non-hydrogen) atoms. The summed E-state index contributed by atoms with van der Waals surface area (Å²) in [5.74, 6) is -0.191. The zero-order valence-electron chi connectivity index (χ0n) is 10.5. The van der Waals surface area contributed by atoms with Crippen LogP contribution >= 0.6 is 40.7 Å². The van der Waals surface area contributed by atoms with Crippen LogP contribution in [0.5, 0.6) is 5.75 Å². The normalized spacial score (nSPS) is 17.2. The molecule has 2 rings (SSSR count). The first-order valence-electron chi connectivity index (χ1n) is 5.72. The molecular formula is C12H18BrCl2FN2O. The van der Waals surface area contributed by atoms with Gasteiger partial charge in [0.05, 0.1) is 4.47 Å². The lowest BCUT2D eigenvalue weighted by Gasteiger charge is -2.33. The molecule has 0 aromatic heterocycles. The summed E-state index contributed by atoms with van der Waals surface area (Å²) >= 11 is 3.17. The Morgan fingerprint density at radius 3 is 2.47 bits per heavy atom. The Morgan fingerprint density at radius 1 is 1.32 bits per heavy atom. The molecule has 0 saturated carbocycles.